The zero-order chi connectivity index (χ0) is 24.9. The number of aliphatic imine (C=N–C) groups is 1. The van der Waals surface area contributed by atoms with Crippen molar-refractivity contribution in [2.45, 2.75) is 45.2 Å². The summed E-state index contributed by atoms with van der Waals surface area (Å²) in [5, 5.41) is 19.4. The van der Waals surface area contributed by atoms with Crippen LogP contribution in [-0.2, 0) is 23.3 Å². The number of nitriles is 1. The number of halogens is 1. The van der Waals surface area contributed by atoms with Crippen LogP contribution in [0.4, 0.5) is 4.39 Å². The molecule has 6 N–H and O–H groups in total. The number of nitrogen functional groups attached to an aromatic ring is 1. The molecule has 176 valence electrons. The summed E-state index contributed by atoms with van der Waals surface area (Å²) in [4.78, 5) is 17.6. The molecule has 0 heterocycles. The van der Waals surface area contributed by atoms with Gasteiger partial charge in [-0.15, -0.1) is 0 Å². The van der Waals surface area contributed by atoms with Crippen molar-refractivity contribution < 1.29 is 9.18 Å². The smallest absolute Gasteiger partial charge is 0.254 e. The molecule has 3 rings (SSSR count). The Hall–Kier alpha value is -3.99. The fourth-order valence-electron chi connectivity index (χ4n) is 3.47. The van der Waals surface area contributed by atoms with Gasteiger partial charge in [-0.3, -0.25) is 15.2 Å². The molecule has 8 heteroatoms. The maximum absolute atomic E-state index is 14.3. The maximum atomic E-state index is 14.3. The van der Waals surface area contributed by atoms with Crippen molar-refractivity contribution in [2.75, 3.05) is 0 Å². The van der Waals surface area contributed by atoms with Crippen LogP contribution in [0.25, 0.3) is 0 Å². The van der Waals surface area contributed by atoms with Crippen molar-refractivity contribution in [1.29, 1.82) is 10.7 Å². The first-order valence-corrected chi connectivity index (χ1v) is 11.0. The summed E-state index contributed by atoms with van der Waals surface area (Å²) in [5.41, 5.74) is 14.0. The lowest BCUT2D eigenvalue weighted by Gasteiger charge is -2.16. The summed E-state index contributed by atoms with van der Waals surface area (Å²) in [7, 11) is 0. The van der Waals surface area contributed by atoms with E-state index in [4.69, 9.17) is 21.9 Å². The largest absolute Gasteiger partial charge is 0.404 e. The van der Waals surface area contributed by atoms with Crippen LogP contribution in [0.3, 0.4) is 0 Å². The number of carbonyl (C=O) groups excluding carboxylic acids is 1. The van der Waals surface area contributed by atoms with Crippen LogP contribution >= 0.6 is 0 Å². The predicted molar refractivity (Wildman–Crippen MR) is 130 cm³/mol. The highest BCUT2D eigenvalue weighted by Crippen LogP contribution is 2.34. The highest BCUT2D eigenvalue weighted by molar-refractivity contribution is 6.22. The minimum Gasteiger partial charge on any atom is -0.404 e. The third-order valence-corrected chi connectivity index (χ3v) is 5.84. The molecule has 0 radical (unpaired) electrons. The molecule has 0 bridgehead atoms. The number of nitrogens with two attached hydrogens (primary N) is 2. The third kappa shape index (κ3) is 5.87. The van der Waals surface area contributed by atoms with E-state index < -0.39 is 17.1 Å². The van der Waals surface area contributed by atoms with Crippen molar-refractivity contribution in [3.8, 4) is 6.07 Å². The van der Waals surface area contributed by atoms with Crippen molar-refractivity contribution >= 4 is 17.5 Å². The number of amidine groups is 1. The van der Waals surface area contributed by atoms with E-state index in [0.29, 0.717) is 12.3 Å². The Labute approximate surface area is 198 Å². The Kier molecular flexibility index (Phi) is 7.47. The van der Waals surface area contributed by atoms with Gasteiger partial charge >= 0.3 is 0 Å². The van der Waals surface area contributed by atoms with Crippen molar-refractivity contribution in [3.63, 3.8) is 0 Å². The standard InChI is InChI=1S/C26H29FN6O/c1-26(2,15-29)20-9-3-16(4-10-20)13-32-23(17-5-6-17)21(12-28)25(34)33-14-19-8-7-18(24(30)31)11-22(19)27/h3-4,7-12,17H,5-6,13-14,28H2,1-2H3,(H3,30,31)(H,33,34)/b21-12+,32-23?. The second kappa shape index (κ2) is 10.3. The van der Waals surface area contributed by atoms with Gasteiger partial charge in [0.15, 0.2) is 0 Å². The molecular formula is C26H29FN6O. The summed E-state index contributed by atoms with van der Waals surface area (Å²) in [6.45, 7) is 4.08. The molecule has 0 unspecified atom stereocenters. The maximum Gasteiger partial charge on any atom is 0.254 e. The lowest BCUT2D eigenvalue weighted by Crippen LogP contribution is -2.30. The molecule has 0 aliphatic heterocycles. The minimum atomic E-state index is -0.569. The van der Waals surface area contributed by atoms with Gasteiger partial charge in [-0.1, -0.05) is 36.4 Å². The van der Waals surface area contributed by atoms with E-state index in [0.717, 1.165) is 24.0 Å². The van der Waals surface area contributed by atoms with Gasteiger partial charge in [-0.05, 0) is 43.9 Å². The lowest BCUT2D eigenvalue weighted by atomic mass is 9.86. The van der Waals surface area contributed by atoms with Crippen LogP contribution in [0.2, 0.25) is 0 Å². The molecule has 1 aliphatic rings. The van der Waals surface area contributed by atoms with Gasteiger partial charge in [0.25, 0.3) is 5.91 Å². The van der Waals surface area contributed by atoms with Gasteiger partial charge in [0.05, 0.1) is 29.3 Å². The summed E-state index contributed by atoms with van der Waals surface area (Å²) in [6, 6.07) is 14.2. The molecule has 34 heavy (non-hydrogen) atoms. The number of carbonyl (C=O) groups is 1. The molecular weight excluding hydrogens is 431 g/mol. The van der Waals surface area contributed by atoms with Crippen LogP contribution < -0.4 is 16.8 Å². The van der Waals surface area contributed by atoms with Crippen molar-refractivity contribution in [2.24, 2.45) is 22.4 Å². The Morgan fingerprint density at radius 1 is 1.29 bits per heavy atom. The molecule has 7 nitrogen and oxygen atoms in total. The average Bonchev–Trinajstić information content (AvgIpc) is 3.66. The monoisotopic (exact) mass is 460 g/mol. The second-order valence-corrected chi connectivity index (χ2v) is 8.89. The van der Waals surface area contributed by atoms with Gasteiger partial charge in [0.1, 0.15) is 11.7 Å². The van der Waals surface area contributed by atoms with Gasteiger partial charge in [0.2, 0.25) is 0 Å². The Balaban J connectivity index is 1.70. The Bertz CT molecular complexity index is 1190. The van der Waals surface area contributed by atoms with Crippen LogP contribution in [0.15, 0.2) is 59.2 Å². The summed E-state index contributed by atoms with van der Waals surface area (Å²) >= 11 is 0. The molecule has 0 saturated heterocycles. The van der Waals surface area contributed by atoms with E-state index in [1.807, 2.05) is 38.1 Å². The average molecular weight is 461 g/mol. The van der Waals surface area contributed by atoms with Crippen LogP contribution in [-0.4, -0.2) is 17.5 Å². The Morgan fingerprint density at radius 3 is 2.50 bits per heavy atom. The van der Waals surface area contributed by atoms with Crippen LogP contribution in [0.5, 0.6) is 0 Å². The molecule has 1 amide bonds. The number of nitrogens with zero attached hydrogens (tertiary/aromatic N) is 2. The zero-order valence-electron chi connectivity index (χ0n) is 19.4. The van der Waals surface area contributed by atoms with E-state index in [1.165, 1.54) is 24.4 Å². The van der Waals surface area contributed by atoms with Gasteiger partial charge in [-0.25, -0.2) is 4.39 Å². The first-order chi connectivity index (χ1) is 16.2. The van der Waals surface area contributed by atoms with Crippen molar-refractivity contribution in [3.05, 3.63) is 82.3 Å². The highest BCUT2D eigenvalue weighted by Gasteiger charge is 2.32. The topological polar surface area (TPSA) is 141 Å². The van der Waals surface area contributed by atoms with E-state index in [1.54, 1.807) is 0 Å². The lowest BCUT2D eigenvalue weighted by molar-refractivity contribution is -0.117. The fourth-order valence-corrected chi connectivity index (χ4v) is 3.47. The van der Waals surface area contributed by atoms with Crippen molar-refractivity contribution in [1.82, 2.24) is 5.32 Å². The first kappa shape index (κ1) is 24.6. The van der Waals surface area contributed by atoms with Gasteiger partial charge in [0, 0.05) is 29.8 Å². The van der Waals surface area contributed by atoms with E-state index in [-0.39, 0.29) is 35.0 Å². The minimum absolute atomic E-state index is 0.0335. The van der Waals surface area contributed by atoms with Gasteiger partial charge in [-0.2, -0.15) is 5.26 Å². The van der Waals surface area contributed by atoms with E-state index in [9.17, 15) is 14.4 Å². The molecule has 0 spiro atoms. The highest BCUT2D eigenvalue weighted by atomic mass is 19.1. The molecule has 2 aromatic rings. The molecule has 1 aliphatic carbocycles. The number of hydrogen-bond acceptors (Lipinski definition) is 5. The second-order valence-electron chi connectivity index (χ2n) is 8.89. The summed E-state index contributed by atoms with van der Waals surface area (Å²) in [5.74, 6) is -1.03. The predicted octanol–water partition coefficient (Wildman–Crippen LogP) is 3.42. The fraction of sp³-hybridized carbons (Fsp3) is 0.308. The molecule has 2 aromatic carbocycles. The quantitative estimate of drug-likeness (QED) is 0.258. The normalized spacial score (nSPS) is 14.4. The van der Waals surface area contributed by atoms with Crippen LogP contribution in [0, 0.1) is 28.5 Å². The number of hydrogen-bond donors (Lipinski definition) is 4. The van der Waals surface area contributed by atoms with Crippen LogP contribution in [0.1, 0.15) is 48.9 Å². The summed E-state index contributed by atoms with van der Waals surface area (Å²) in [6.07, 6.45) is 3.11. The number of amides is 1. The molecule has 1 saturated carbocycles. The van der Waals surface area contributed by atoms with E-state index >= 15 is 0 Å². The first-order valence-electron chi connectivity index (χ1n) is 11.0. The zero-order valence-corrected chi connectivity index (χ0v) is 19.4. The molecule has 0 aromatic heterocycles. The SMILES string of the molecule is CC(C)(C#N)c1ccc(CN=C(/C(=C\N)C(=O)NCc2ccc(C(=N)N)cc2F)C2CC2)cc1. The number of benzene rings is 2. The van der Waals surface area contributed by atoms with E-state index in [2.05, 4.69) is 11.4 Å². The van der Waals surface area contributed by atoms with Gasteiger partial charge < -0.3 is 16.8 Å². The molecule has 1 fully saturated rings. The third-order valence-electron chi connectivity index (χ3n) is 5.84. The molecule has 0 atom stereocenters. The number of nitrogens with one attached hydrogen (secondary N) is 2. The number of rotatable bonds is 9. The summed E-state index contributed by atoms with van der Waals surface area (Å²) < 4.78 is 14.3. The Morgan fingerprint density at radius 2 is 1.97 bits per heavy atom.